The van der Waals surface area contributed by atoms with E-state index in [-0.39, 0.29) is 18.7 Å². The Morgan fingerprint density at radius 3 is 2.81 bits per heavy atom. The summed E-state index contributed by atoms with van der Waals surface area (Å²) in [6.45, 7) is 4.65. The number of piperidine rings is 1. The van der Waals surface area contributed by atoms with Gasteiger partial charge in [-0.15, -0.1) is 0 Å². The molecule has 1 aromatic heterocycles. The predicted octanol–water partition coefficient (Wildman–Crippen LogP) is 1.90. The second-order valence-electron chi connectivity index (χ2n) is 7.43. The highest BCUT2D eigenvalue weighted by atomic mass is 32.2. The molecule has 2 aromatic rings. The Morgan fingerprint density at radius 2 is 2.10 bits per heavy atom. The third-order valence-electron chi connectivity index (χ3n) is 4.94. The molecule has 0 aliphatic carbocycles. The number of carbonyl (C=O) groups is 2. The first-order valence-electron chi connectivity index (χ1n) is 10.0. The Labute approximate surface area is 181 Å². The number of ether oxygens (including phenoxy) is 1. The Morgan fingerprint density at radius 1 is 1.32 bits per heavy atom. The minimum Gasteiger partial charge on any atom is -0.462 e. The van der Waals surface area contributed by atoms with Crippen molar-refractivity contribution in [1.29, 1.82) is 0 Å². The van der Waals surface area contributed by atoms with E-state index >= 15 is 0 Å². The Kier molecular flexibility index (Phi) is 6.96. The van der Waals surface area contributed by atoms with Crippen molar-refractivity contribution in [2.24, 2.45) is 0 Å². The number of esters is 1. The van der Waals surface area contributed by atoms with E-state index in [1.54, 1.807) is 41.6 Å². The normalized spacial score (nSPS) is 16.7. The number of amides is 2. The number of likely N-dealkylation sites (tertiary alicyclic amines) is 1. The van der Waals surface area contributed by atoms with Crippen LogP contribution in [0, 0.1) is 6.92 Å². The lowest BCUT2D eigenvalue weighted by Gasteiger charge is -2.32. The molecule has 11 heteroatoms. The summed E-state index contributed by atoms with van der Waals surface area (Å²) >= 11 is 0. The summed E-state index contributed by atoms with van der Waals surface area (Å²) < 4.78 is 32.2. The van der Waals surface area contributed by atoms with E-state index < -0.39 is 16.0 Å². The lowest BCUT2D eigenvalue weighted by Crippen LogP contribution is -2.50. The maximum atomic E-state index is 12.7. The molecule has 2 amide bonds. The van der Waals surface area contributed by atoms with E-state index in [2.05, 4.69) is 15.1 Å². The van der Waals surface area contributed by atoms with Gasteiger partial charge in [0.05, 0.1) is 30.4 Å². The highest BCUT2D eigenvalue weighted by molar-refractivity contribution is 7.88. The molecule has 1 atom stereocenters. The van der Waals surface area contributed by atoms with Crippen LogP contribution in [0.3, 0.4) is 0 Å². The third-order valence-corrected chi connectivity index (χ3v) is 5.70. The molecular weight excluding hydrogens is 422 g/mol. The summed E-state index contributed by atoms with van der Waals surface area (Å²) in [7, 11) is -3.33. The quantitative estimate of drug-likeness (QED) is 0.650. The molecule has 31 heavy (non-hydrogen) atoms. The van der Waals surface area contributed by atoms with Gasteiger partial charge in [0.1, 0.15) is 5.56 Å². The van der Waals surface area contributed by atoms with Crippen LogP contribution in [0.4, 0.5) is 10.5 Å². The predicted molar refractivity (Wildman–Crippen MR) is 116 cm³/mol. The second-order valence-corrected chi connectivity index (χ2v) is 9.21. The van der Waals surface area contributed by atoms with Crippen LogP contribution < -0.4 is 10.0 Å². The average molecular weight is 450 g/mol. The number of nitrogens with zero attached hydrogens (tertiary/aromatic N) is 3. The van der Waals surface area contributed by atoms with E-state index in [1.165, 1.54) is 6.20 Å². The SMILES string of the molecule is CCOC(=O)c1cnn(-c2cccc(NC(=O)N3CCC[C@H](NS(C)(=O)=O)C3)c2)c1C. The van der Waals surface area contributed by atoms with Crippen molar-refractivity contribution in [2.75, 3.05) is 31.3 Å². The van der Waals surface area contributed by atoms with Gasteiger partial charge in [0, 0.05) is 24.8 Å². The van der Waals surface area contributed by atoms with Crippen molar-refractivity contribution in [3.63, 3.8) is 0 Å². The van der Waals surface area contributed by atoms with Gasteiger partial charge in [0.2, 0.25) is 10.0 Å². The number of aromatic nitrogens is 2. The molecule has 10 nitrogen and oxygen atoms in total. The van der Waals surface area contributed by atoms with Crippen LogP contribution in [-0.4, -0.2) is 67.1 Å². The summed E-state index contributed by atoms with van der Waals surface area (Å²) in [4.78, 5) is 26.3. The largest absolute Gasteiger partial charge is 0.462 e. The van der Waals surface area contributed by atoms with Gasteiger partial charge in [0.25, 0.3) is 0 Å². The van der Waals surface area contributed by atoms with Crippen LogP contribution in [0.1, 0.15) is 35.8 Å². The minimum atomic E-state index is -3.33. The van der Waals surface area contributed by atoms with Crippen LogP contribution in [0.5, 0.6) is 0 Å². The Hall–Kier alpha value is -2.92. The van der Waals surface area contributed by atoms with Gasteiger partial charge in [-0.1, -0.05) is 6.07 Å². The molecule has 0 saturated carbocycles. The number of hydrogen-bond acceptors (Lipinski definition) is 6. The average Bonchev–Trinajstić information content (AvgIpc) is 3.09. The molecule has 2 heterocycles. The summed E-state index contributed by atoms with van der Waals surface area (Å²) in [5.74, 6) is -0.432. The second kappa shape index (κ2) is 9.48. The van der Waals surface area contributed by atoms with Crippen LogP contribution >= 0.6 is 0 Å². The molecule has 1 aliphatic heterocycles. The lowest BCUT2D eigenvalue weighted by atomic mass is 10.1. The maximum absolute atomic E-state index is 12.7. The van der Waals surface area contributed by atoms with Crippen LogP contribution in [0.15, 0.2) is 30.5 Å². The number of sulfonamides is 1. The maximum Gasteiger partial charge on any atom is 0.341 e. The number of urea groups is 1. The first-order valence-corrected chi connectivity index (χ1v) is 11.9. The molecule has 1 saturated heterocycles. The van der Waals surface area contributed by atoms with Crippen molar-refractivity contribution in [1.82, 2.24) is 19.4 Å². The first kappa shape index (κ1) is 22.8. The number of rotatable bonds is 6. The molecule has 3 rings (SSSR count). The van der Waals surface area contributed by atoms with Crippen molar-refractivity contribution < 1.29 is 22.7 Å². The molecule has 1 fully saturated rings. The van der Waals surface area contributed by atoms with E-state index in [4.69, 9.17) is 4.74 Å². The van der Waals surface area contributed by atoms with E-state index in [0.717, 1.165) is 6.26 Å². The van der Waals surface area contributed by atoms with Crippen molar-refractivity contribution in [3.05, 3.63) is 41.7 Å². The smallest absolute Gasteiger partial charge is 0.341 e. The zero-order valence-corrected chi connectivity index (χ0v) is 18.6. The molecule has 0 bridgehead atoms. The monoisotopic (exact) mass is 449 g/mol. The van der Waals surface area contributed by atoms with Crippen LogP contribution in [0.25, 0.3) is 5.69 Å². The third kappa shape index (κ3) is 5.82. The first-order chi connectivity index (χ1) is 14.7. The number of anilines is 1. The Balaban J connectivity index is 1.71. The van der Waals surface area contributed by atoms with Crippen LogP contribution in [0.2, 0.25) is 0 Å². The number of carbonyl (C=O) groups excluding carboxylic acids is 2. The topological polar surface area (TPSA) is 123 Å². The molecule has 1 aromatic carbocycles. The van der Waals surface area contributed by atoms with Gasteiger partial charge >= 0.3 is 12.0 Å². The standard InChI is InChI=1S/C20H27N5O5S/c1-4-30-19(26)18-12-21-25(14(18)2)17-9-5-7-15(11-17)22-20(27)24-10-6-8-16(13-24)23-31(3,28)29/h5,7,9,11-12,16,23H,4,6,8,10,13H2,1-3H3,(H,22,27)/t16-/m0/s1. The Bertz CT molecular complexity index is 1070. The van der Waals surface area contributed by atoms with Gasteiger partial charge in [0.15, 0.2) is 0 Å². The van der Waals surface area contributed by atoms with Crippen molar-refractivity contribution in [3.8, 4) is 5.69 Å². The van der Waals surface area contributed by atoms with E-state index in [0.29, 0.717) is 48.6 Å². The molecule has 168 valence electrons. The van der Waals surface area contributed by atoms with Gasteiger partial charge in [-0.2, -0.15) is 5.10 Å². The summed E-state index contributed by atoms with van der Waals surface area (Å²) in [5, 5.41) is 7.12. The number of hydrogen-bond donors (Lipinski definition) is 2. The molecule has 2 N–H and O–H groups in total. The fourth-order valence-corrected chi connectivity index (χ4v) is 4.36. The lowest BCUT2D eigenvalue weighted by molar-refractivity contribution is 0.0525. The highest BCUT2D eigenvalue weighted by Gasteiger charge is 2.25. The molecule has 1 aliphatic rings. The van der Waals surface area contributed by atoms with Gasteiger partial charge in [-0.25, -0.2) is 27.4 Å². The highest BCUT2D eigenvalue weighted by Crippen LogP contribution is 2.20. The fourth-order valence-electron chi connectivity index (χ4n) is 3.56. The molecule has 0 radical (unpaired) electrons. The molecule has 0 spiro atoms. The zero-order valence-electron chi connectivity index (χ0n) is 17.8. The summed E-state index contributed by atoms with van der Waals surface area (Å²) in [6.07, 6.45) is 3.97. The number of benzene rings is 1. The minimum absolute atomic E-state index is 0.280. The van der Waals surface area contributed by atoms with Gasteiger partial charge < -0.3 is 15.0 Å². The van der Waals surface area contributed by atoms with Crippen LogP contribution in [-0.2, 0) is 14.8 Å². The molecular formula is C20H27N5O5S. The van der Waals surface area contributed by atoms with Crippen molar-refractivity contribution in [2.45, 2.75) is 32.7 Å². The molecule has 0 unspecified atom stereocenters. The van der Waals surface area contributed by atoms with E-state index in [9.17, 15) is 18.0 Å². The van der Waals surface area contributed by atoms with Crippen molar-refractivity contribution >= 4 is 27.7 Å². The van der Waals surface area contributed by atoms with E-state index in [1.807, 2.05) is 6.07 Å². The number of nitrogens with one attached hydrogen (secondary N) is 2. The fraction of sp³-hybridized carbons (Fsp3) is 0.450. The zero-order chi connectivity index (χ0) is 22.6. The van der Waals surface area contributed by atoms with Gasteiger partial charge in [-0.05, 0) is 44.9 Å². The summed E-state index contributed by atoms with van der Waals surface area (Å²) in [6, 6.07) is 6.50. The van der Waals surface area contributed by atoms with Gasteiger partial charge in [-0.3, -0.25) is 0 Å². The summed E-state index contributed by atoms with van der Waals surface area (Å²) in [5.41, 5.74) is 2.26.